The molecule has 0 aliphatic rings. The lowest BCUT2D eigenvalue weighted by Crippen LogP contribution is -2.28. The highest BCUT2D eigenvalue weighted by atomic mass is 16.6. The number of nitro groups is 1. The smallest absolute Gasteiger partial charge is 0.294 e. The van der Waals surface area contributed by atoms with E-state index >= 15 is 0 Å². The number of fused-ring (bicyclic) bond motifs is 1. The van der Waals surface area contributed by atoms with Crippen LogP contribution >= 0.6 is 0 Å². The predicted molar refractivity (Wildman–Crippen MR) is 157 cm³/mol. The molecule has 0 aliphatic carbocycles. The van der Waals surface area contributed by atoms with E-state index in [2.05, 4.69) is 20.5 Å². The summed E-state index contributed by atoms with van der Waals surface area (Å²) in [5, 5.41) is 24.4. The molecular weight excluding hydrogens is 526 g/mol. The monoisotopic (exact) mass is 557 g/mol. The van der Waals surface area contributed by atoms with Gasteiger partial charge in [-0.05, 0) is 20.2 Å². The molecule has 3 heterocycles. The van der Waals surface area contributed by atoms with Gasteiger partial charge in [0.2, 0.25) is 11.8 Å². The van der Waals surface area contributed by atoms with Crippen molar-refractivity contribution in [2.75, 3.05) is 51.6 Å². The van der Waals surface area contributed by atoms with Crippen LogP contribution in [0.1, 0.15) is 5.89 Å². The second-order valence-corrected chi connectivity index (χ2v) is 9.90. The number of nitrogens with zero attached hydrogens (tertiary/aromatic N) is 8. The second-order valence-electron chi connectivity index (χ2n) is 9.90. The van der Waals surface area contributed by atoms with Crippen molar-refractivity contribution in [3.05, 3.63) is 64.8 Å². The van der Waals surface area contributed by atoms with Crippen LogP contribution in [0.2, 0.25) is 0 Å². The number of benzene rings is 2. The van der Waals surface area contributed by atoms with E-state index in [1.54, 1.807) is 19.2 Å². The van der Waals surface area contributed by atoms with Gasteiger partial charge in [-0.2, -0.15) is 0 Å². The highest BCUT2D eigenvalue weighted by Gasteiger charge is 2.24. The molecule has 0 aliphatic heterocycles. The van der Waals surface area contributed by atoms with Crippen molar-refractivity contribution in [2.24, 2.45) is 7.05 Å². The Morgan fingerprint density at radius 3 is 2.59 bits per heavy atom. The van der Waals surface area contributed by atoms with Crippen LogP contribution in [0.25, 0.3) is 33.6 Å². The average Bonchev–Trinajstić information content (AvgIpc) is 3.54. The summed E-state index contributed by atoms with van der Waals surface area (Å²) in [6, 6.07) is 11.1. The number of rotatable bonds is 10. The fourth-order valence-corrected chi connectivity index (χ4v) is 4.61. The minimum absolute atomic E-state index is 0.0678. The number of hydrogen-bond acceptors (Lipinski definition) is 11. The van der Waals surface area contributed by atoms with Gasteiger partial charge in [-0.1, -0.05) is 18.2 Å². The molecule has 2 aromatic carbocycles. The van der Waals surface area contributed by atoms with Crippen LogP contribution in [0, 0.1) is 17.0 Å². The number of aryl methyl sites for hydroxylation is 2. The fraction of sp³-hybridized carbons (Fsp3) is 0.286. The van der Waals surface area contributed by atoms with Gasteiger partial charge in [-0.3, -0.25) is 10.1 Å². The zero-order valence-corrected chi connectivity index (χ0v) is 23.7. The summed E-state index contributed by atoms with van der Waals surface area (Å²) in [6.07, 6.45) is 3.58. The van der Waals surface area contributed by atoms with Gasteiger partial charge in [0.05, 0.1) is 29.0 Å². The summed E-state index contributed by atoms with van der Waals surface area (Å²) in [5.74, 6) is 1.33. The van der Waals surface area contributed by atoms with E-state index in [0.29, 0.717) is 40.8 Å². The van der Waals surface area contributed by atoms with Crippen LogP contribution in [-0.4, -0.2) is 75.9 Å². The van der Waals surface area contributed by atoms with Crippen LogP contribution in [0.3, 0.4) is 0 Å². The maximum atomic E-state index is 12.1. The molecule has 0 saturated carbocycles. The predicted octanol–water partition coefficient (Wildman–Crippen LogP) is 4.65. The second kappa shape index (κ2) is 11.2. The summed E-state index contributed by atoms with van der Waals surface area (Å²) in [4.78, 5) is 24.9. The Balaban J connectivity index is 1.60. The van der Waals surface area contributed by atoms with Crippen LogP contribution in [0.4, 0.5) is 23.0 Å². The number of aromatic nitrogens is 5. The molecule has 5 rings (SSSR count). The van der Waals surface area contributed by atoms with Crippen molar-refractivity contribution >= 4 is 33.9 Å². The molecule has 1 N–H and O–H groups in total. The molecule has 13 heteroatoms. The van der Waals surface area contributed by atoms with E-state index in [9.17, 15) is 10.1 Å². The third-order valence-electron chi connectivity index (χ3n) is 6.73. The summed E-state index contributed by atoms with van der Waals surface area (Å²) < 4.78 is 13.4. The SMILES string of the molecule is COc1cc(N(C)CCN(C)C)c([N+](=O)[O-])cc1Nc1ncc(-c2nnc(C)o2)c(-c2cn(C)c3ccccc23)n1. The topological polar surface area (TPSA) is 141 Å². The van der Waals surface area contributed by atoms with Gasteiger partial charge in [0.15, 0.2) is 0 Å². The molecule has 3 aromatic heterocycles. The quantitative estimate of drug-likeness (QED) is 0.189. The van der Waals surface area contributed by atoms with Crippen LogP contribution < -0.4 is 15.0 Å². The largest absolute Gasteiger partial charge is 0.494 e. The molecule has 0 bridgehead atoms. The Labute approximate surface area is 236 Å². The highest BCUT2D eigenvalue weighted by molar-refractivity contribution is 5.98. The normalized spacial score (nSPS) is 11.3. The maximum Gasteiger partial charge on any atom is 0.294 e. The molecule has 0 spiro atoms. The zero-order chi connectivity index (χ0) is 29.3. The minimum Gasteiger partial charge on any atom is -0.494 e. The highest BCUT2D eigenvalue weighted by Crippen LogP contribution is 2.40. The maximum absolute atomic E-state index is 12.1. The van der Waals surface area contributed by atoms with Crippen LogP contribution in [-0.2, 0) is 7.05 Å². The van der Waals surface area contributed by atoms with E-state index in [4.69, 9.17) is 14.1 Å². The number of nitro benzene ring substituents is 1. The first-order valence-electron chi connectivity index (χ1n) is 12.9. The van der Waals surface area contributed by atoms with Gasteiger partial charge in [0.25, 0.3) is 11.6 Å². The molecule has 5 aromatic rings. The Morgan fingerprint density at radius 2 is 1.90 bits per heavy atom. The Bertz CT molecular complexity index is 1730. The number of hydrogen-bond donors (Lipinski definition) is 1. The first kappa shape index (κ1) is 27.5. The molecule has 0 saturated heterocycles. The lowest BCUT2D eigenvalue weighted by atomic mass is 10.1. The standard InChI is InChI=1S/C28H31N9O4/c1-17-32-33-27(41-17)19-15-29-28(31-26(19)20-16-36(5)22-10-8-7-9-18(20)22)30-21-13-24(37(38)39)23(14-25(21)40-6)35(4)12-11-34(2)3/h7-10,13-16H,11-12H2,1-6H3,(H,29,30,31). The number of methoxy groups -OCH3 is 1. The van der Waals surface area contributed by atoms with Crippen LogP contribution in [0.5, 0.6) is 5.75 Å². The van der Waals surface area contributed by atoms with Gasteiger partial charge in [0, 0.05) is 75.1 Å². The third kappa shape index (κ3) is 5.52. The first-order chi connectivity index (χ1) is 19.7. The van der Waals surface area contributed by atoms with Crippen LogP contribution in [0.15, 0.2) is 53.2 Å². The van der Waals surface area contributed by atoms with E-state index in [0.717, 1.165) is 23.0 Å². The third-order valence-corrected chi connectivity index (χ3v) is 6.73. The molecule has 0 unspecified atom stereocenters. The lowest BCUT2D eigenvalue weighted by molar-refractivity contribution is -0.384. The molecule has 41 heavy (non-hydrogen) atoms. The van der Waals surface area contributed by atoms with Crippen molar-refractivity contribution in [2.45, 2.75) is 6.92 Å². The van der Waals surface area contributed by atoms with E-state index in [1.807, 2.05) is 73.0 Å². The first-order valence-corrected chi connectivity index (χ1v) is 12.9. The fourth-order valence-electron chi connectivity index (χ4n) is 4.61. The van der Waals surface area contributed by atoms with Gasteiger partial charge in [0.1, 0.15) is 11.4 Å². The van der Waals surface area contributed by atoms with E-state index in [1.165, 1.54) is 13.2 Å². The van der Waals surface area contributed by atoms with Crippen molar-refractivity contribution < 1.29 is 14.1 Å². The van der Waals surface area contributed by atoms with Crippen molar-refractivity contribution in [3.63, 3.8) is 0 Å². The zero-order valence-electron chi connectivity index (χ0n) is 23.7. The van der Waals surface area contributed by atoms with Gasteiger partial charge in [-0.15, -0.1) is 10.2 Å². The van der Waals surface area contributed by atoms with E-state index < -0.39 is 4.92 Å². The Kier molecular flexibility index (Phi) is 7.53. The summed E-state index contributed by atoms with van der Waals surface area (Å²) in [7, 11) is 9.19. The number of likely N-dealkylation sites (N-methyl/N-ethyl adjacent to an activating group) is 2. The minimum atomic E-state index is -0.407. The Hall–Kier alpha value is -5.04. The summed E-state index contributed by atoms with van der Waals surface area (Å²) >= 11 is 0. The number of anilines is 3. The summed E-state index contributed by atoms with van der Waals surface area (Å²) in [6.45, 7) is 3.04. The molecule has 0 atom stereocenters. The molecule has 0 radical (unpaired) electrons. The molecule has 0 amide bonds. The van der Waals surface area contributed by atoms with E-state index in [-0.39, 0.29) is 17.5 Å². The van der Waals surface area contributed by atoms with Gasteiger partial charge in [-0.25, -0.2) is 9.97 Å². The molecular formula is C28H31N9O4. The van der Waals surface area contributed by atoms with Gasteiger partial charge < -0.3 is 28.8 Å². The molecule has 13 nitrogen and oxygen atoms in total. The Morgan fingerprint density at radius 1 is 1.12 bits per heavy atom. The van der Waals surface area contributed by atoms with Gasteiger partial charge >= 0.3 is 0 Å². The number of ether oxygens (including phenoxy) is 1. The van der Waals surface area contributed by atoms with Crippen molar-refractivity contribution in [1.82, 2.24) is 29.6 Å². The summed E-state index contributed by atoms with van der Waals surface area (Å²) in [5.41, 5.74) is 3.72. The average molecular weight is 558 g/mol. The number of para-hydroxylation sites is 1. The lowest BCUT2D eigenvalue weighted by Gasteiger charge is -2.22. The van der Waals surface area contributed by atoms with Crippen molar-refractivity contribution in [3.8, 4) is 28.5 Å². The molecule has 0 fully saturated rings. The molecule has 212 valence electrons. The number of nitrogens with one attached hydrogen (secondary N) is 1. The van der Waals surface area contributed by atoms with Crippen molar-refractivity contribution in [1.29, 1.82) is 0 Å².